The third-order valence-corrected chi connectivity index (χ3v) is 3.17. The highest BCUT2D eigenvalue weighted by Crippen LogP contribution is 2.12. The molecule has 116 valence electrons. The molecule has 0 saturated carbocycles. The number of methoxy groups -OCH3 is 1. The first-order valence-electron chi connectivity index (χ1n) is 7.11. The molecule has 1 aromatic carbocycles. The second kappa shape index (κ2) is 9.00. The van der Waals surface area contributed by atoms with Crippen molar-refractivity contribution in [2.75, 3.05) is 26.8 Å². The molecule has 0 aliphatic carbocycles. The Morgan fingerprint density at radius 1 is 1.14 bits per heavy atom. The molecule has 1 aromatic rings. The lowest BCUT2D eigenvalue weighted by Crippen LogP contribution is -2.33. The first-order chi connectivity index (χ1) is 10.1. The van der Waals surface area contributed by atoms with Crippen molar-refractivity contribution in [3.63, 3.8) is 0 Å². The Morgan fingerprint density at radius 2 is 1.81 bits per heavy atom. The first kappa shape index (κ1) is 17.0. The molecule has 5 nitrogen and oxygen atoms in total. The van der Waals surface area contributed by atoms with Crippen LogP contribution in [0.1, 0.15) is 25.8 Å². The van der Waals surface area contributed by atoms with Gasteiger partial charge in [-0.1, -0.05) is 12.1 Å². The fraction of sp³-hybridized carbons (Fsp3) is 0.500. The number of carbonyl (C=O) groups excluding carboxylic acids is 2. The summed E-state index contributed by atoms with van der Waals surface area (Å²) >= 11 is 0. The van der Waals surface area contributed by atoms with Gasteiger partial charge in [-0.05, 0) is 31.0 Å². The average Bonchev–Trinajstić information content (AvgIpc) is 2.47. The molecular formula is C16H23NO4. The molecule has 0 heterocycles. The van der Waals surface area contributed by atoms with Gasteiger partial charge in [0, 0.05) is 20.0 Å². The van der Waals surface area contributed by atoms with Gasteiger partial charge in [0.25, 0.3) is 0 Å². The number of amides is 1. The van der Waals surface area contributed by atoms with Crippen molar-refractivity contribution in [3.05, 3.63) is 29.8 Å². The predicted octanol–water partition coefficient (Wildman–Crippen LogP) is 2.04. The molecule has 1 amide bonds. The third-order valence-electron chi connectivity index (χ3n) is 3.17. The Labute approximate surface area is 125 Å². The van der Waals surface area contributed by atoms with Gasteiger partial charge in [0.05, 0.1) is 20.1 Å². The number of ether oxygens (including phenoxy) is 2. The van der Waals surface area contributed by atoms with Gasteiger partial charge in [0.15, 0.2) is 0 Å². The number of benzene rings is 1. The van der Waals surface area contributed by atoms with Gasteiger partial charge < -0.3 is 14.4 Å². The summed E-state index contributed by atoms with van der Waals surface area (Å²) in [4.78, 5) is 24.6. The topological polar surface area (TPSA) is 55.8 Å². The third kappa shape index (κ3) is 6.29. The van der Waals surface area contributed by atoms with Crippen molar-refractivity contribution in [1.29, 1.82) is 0 Å². The fourth-order valence-corrected chi connectivity index (χ4v) is 1.94. The zero-order valence-electron chi connectivity index (χ0n) is 12.9. The van der Waals surface area contributed by atoms with E-state index in [-0.39, 0.29) is 18.3 Å². The number of hydrogen-bond acceptors (Lipinski definition) is 4. The summed E-state index contributed by atoms with van der Waals surface area (Å²) < 4.78 is 9.97. The van der Waals surface area contributed by atoms with Gasteiger partial charge in [-0.2, -0.15) is 0 Å². The van der Waals surface area contributed by atoms with Crippen LogP contribution in [0.2, 0.25) is 0 Å². The summed E-state index contributed by atoms with van der Waals surface area (Å²) in [6.45, 7) is 4.62. The lowest BCUT2D eigenvalue weighted by Gasteiger charge is -2.20. The summed E-state index contributed by atoms with van der Waals surface area (Å²) in [5.41, 5.74) is 1.12. The largest absolute Gasteiger partial charge is 0.497 e. The summed E-state index contributed by atoms with van der Waals surface area (Å²) in [5.74, 6) is 0.505. The number of nitrogens with zero attached hydrogens (tertiary/aromatic N) is 1. The first-order valence-corrected chi connectivity index (χ1v) is 7.11. The van der Waals surface area contributed by atoms with Crippen molar-refractivity contribution in [1.82, 2.24) is 4.90 Å². The summed E-state index contributed by atoms with van der Waals surface area (Å²) in [5, 5.41) is 0. The molecule has 0 bridgehead atoms. The molecule has 0 spiro atoms. The predicted molar refractivity (Wildman–Crippen MR) is 80.2 cm³/mol. The molecule has 1 rings (SSSR count). The van der Waals surface area contributed by atoms with E-state index in [1.807, 2.05) is 24.3 Å². The van der Waals surface area contributed by atoms with Crippen LogP contribution in [-0.4, -0.2) is 43.6 Å². The highest BCUT2D eigenvalue weighted by molar-refractivity contribution is 5.75. The minimum atomic E-state index is -0.270. The van der Waals surface area contributed by atoms with Crippen LogP contribution in [0.25, 0.3) is 0 Å². The SMILES string of the molecule is CCOC(=O)CCN(CCc1ccc(OC)cc1)C(C)=O. The van der Waals surface area contributed by atoms with Crippen LogP contribution in [0.4, 0.5) is 0 Å². The summed E-state index contributed by atoms with van der Waals surface area (Å²) in [7, 11) is 1.63. The van der Waals surface area contributed by atoms with E-state index < -0.39 is 0 Å². The van der Waals surface area contributed by atoms with Gasteiger partial charge in [-0.25, -0.2) is 0 Å². The summed E-state index contributed by atoms with van der Waals surface area (Å²) in [6.07, 6.45) is 0.975. The van der Waals surface area contributed by atoms with Crippen LogP contribution in [0.5, 0.6) is 5.75 Å². The lowest BCUT2D eigenvalue weighted by atomic mass is 10.1. The molecule has 5 heteroatoms. The van der Waals surface area contributed by atoms with E-state index in [9.17, 15) is 9.59 Å². The second-order valence-corrected chi connectivity index (χ2v) is 4.66. The van der Waals surface area contributed by atoms with Gasteiger partial charge >= 0.3 is 5.97 Å². The number of rotatable bonds is 8. The van der Waals surface area contributed by atoms with Crippen molar-refractivity contribution >= 4 is 11.9 Å². The van der Waals surface area contributed by atoms with Crippen LogP contribution in [0, 0.1) is 0 Å². The summed E-state index contributed by atoms with van der Waals surface area (Å²) in [6, 6.07) is 7.74. The van der Waals surface area contributed by atoms with Gasteiger partial charge in [-0.15, -0.1) is 0 Å². The highest BCUT2D eigenvalue weighted by Gasteiger charge is 2.11. The zero-order valence-corrected chi connectivity index (χ0v) is 12.9. The molecule has 21 heavy (non-hydrogen) atoms. The van der Waals surface area contributed by atoms with Gasteiger partial charge in [0.1, 0.15) is 5.75 Å². The zero-order chi connectivity index (χ0) is 15.7. The van der Waals surface area contributed by atoms with Crippen LogP contribution >= 0.6 is 0 Å². The normalized spacial score (nSPS) is 10.0. The van der Waals surface area contributed by atoms with Crippen LogP contribution in [-0.2, 0) is 20.7 Å². The Bertz CT molecular complexity index is 456. The van der Waals surface area contributed by atoms with Gasteiger partial charge in [-0.3, -0.25) is 9.59 Å². The molecule has 0 N–H and O–H groups in total. The van der Waals surface area contributed by atoms with Crippen molar-refractivity contribution in [2.24, 2.45) is 0 Å². The lowest BCUT2D eigenvalue weighted by molar-refractivity contribution is -0.143. The van der Waals surface area contributed by atoms with E-state index in [1.54, 1.807) is 18.9 Å². The smallest absolute Gasteiger partial charge is 0.307 e. The molecule has 0 aliphatic rings. The minimum absolute atomic E-state index is 0.0344. The second-order valence-electron chi connectivity index (χ2n) is 4.66. The number of hydrogen-bond donors (Lipinski definition) is 0. The van der Waals surface area contributed by atoms with Crippen molar-refractivity contribution in [2.45, 2.75) is 26.7 Å². The van der Waals surface area contributed by atoms with E-state index in [2.05, 4.69) is 0 Å². The van der Waals surface area contributed by atoms with Crippen molar-refractivity contribution < 1.29 is 19.1 Å². The molecule has 0 saturated heterocycles. The Hall–Kier alpha value is -2.04. The average molecular weight is 293 g/mol. The maximum absolute atomic E-state index is 11.6. The fourth-order valence-electron chi connectivity index (χ4n) is 1.94. The minimum Gasteiger partial charge on any atom is -0.497 e. The number of esters is 1. The Kier molecular flexibility index (Phi) is 7.29. The maximum Gasteiger partial charge on any atom is 0.307 e. The Morgan fingerprint density at radius 3 is 2.33 bits per heavy atom. The van der Waals surface area contributed by atoms with Gasteiger partial charge in [0.2, 0.25) is 5.91 Å². The molecular weight excluding hydrogens is 270 g/mol. The molecule has 0 aromatic heterocycles. The molecule has 0 radical (unpaired) electrons. The molecule has 0 unspecified atom stereocenters. The molecule has 0 aliphatic heterocycles. The number of carbonyl (C=O) groups is 2. The van der Waals surface area contributed by atoms with E-state index in [0.717, 1.165) is 17.7 Å². The van der Waals surface area contributed by atoms with Crippen LogP contribution in [0.3, 0.4) is 0 Å². The highest BCUT2D eigenvalue weighted by atomic mass is 16.5. The van der Waals surface area contributed by atoms with E-state index >= 15 is 0 Å². The monoisotopic (exact) mass is 293 g/mol. The molecule has 0 fully saturated rings. The van der Waals surface area contributed by atoms with Crippen LogP contribution in [0.15, 0.2) is 24.3 Å². The van der Waals surface area contributed by atoms with E-state index in [4.69, 9.17) is 9.47 Å². The van der Waals surface area contributed by atoms with Crippen molar-refractivity contribution in [3.8, 4) is 5.75 Å². The van der Waals surface area contributed by atoms with E-state index in [1.165, 1.54) is 6.92 Å². The standard InChI is InChI=1S/C16H23NO4/c1-4-21-16(19)10-12-17(13(2)18)11-9-14-5-7-15(20-3)8-6-14/h5-8H,4,9-12H2,1-3H3. The Balaban J connectivity index is 2.46. The van der Waals surface area contributed by atoms with E-state index in [0.29, 0.717) is 19.7 Å². The van der Waals surface area contributed by atoms with Crippen LogP contribution < -0.4 is 4.74 Å². The maximum atomic E-state index is 11.6. The molecule has 0 atom stereocenters. The quantitative estimate of drug-likeness (QED) is 0.688.